The van der Waals surface area contributed by atoms with Gasteiger partial charge in [0.25, 0.3) is 0 Å². The molecule has 1 aromatic carbocycles. The van der Waals surface area contributed by atoms with Gasteiger partial charge in [0.1, 0.15) is 18.1 Å². The van der Waals surface area contributed by atoms with Gasteiger partial charge in [0.05, 0.1) is 16.9 Å². The number of nitrogens with zero attached hydrogens (tertiary/aromatic N) is 3. The average Bonchev–Trinajstić information content (AvgIpc) is 3.27. The molecule has 3 aromatic rings. The van der Waals surface area contributed by atoms with Crippen molar-refractivity contribution in [2.45, 2.75) is 17.6 Å². The number of carbonyl (C=O) groups excluding carboxylic acids is 1. The molecule has 0 saturated heterocycles. The van der Waals surface area contributed by atoms with Crippen molar-refractivity contribution in [1.82, 2.24) is 10.3 Å². The molecule has 0 atom stereocenters. The molecule has 0 bridgehead atoms. The van der Waals surface area contributed by atoms with Gasteiger partial charge in [-0.25, -0.2) is 4.63 Å². The van der Waals surface area contributed by atoms with E-state index in [4.69, 9.17) is 13.8 Å². The summed E-state index contributed by atoms with van der Waals surface area (Å²) in [5, 5.41) is 21.8. The van der Waals surface area contributed by atoms with Crippen molar-refractivity contribution < 1.29 is 23.5 Å². The van der Waals surface area contributed by atoms with Crippen molar-refractivity contribution in [3.63, 3.8) is 0 Å². The maximum atomic E-state index is 11.5. The minimum atomic E-state index is -0.554. The molecule has 0 unspecified atom stereocenters. The minimum Gasteiger partial charge on any atom is -0.468 e. The van der Waals surface area contributed by atoms with Crippen LogP contribution in [-0.2, 0) is 15.3 Å². The Balaban J connectivity index is 1.88. The number of furan rings is 1. The maximum Gasteiger partial charge on any atom is 0.323 e. The van der Waals surface area contributed by atoms with Crippen molar-refractivity contribution >= 4 is 40.1 Å². The van der Waals surface area contributed by atoms with Crippen LogP contribution in [0.3, 0.4) is 0 Å². The summed E-state index contributed by atoms with van der Waals surface area (Å²) in [4.78, 5) is 22.4. The molecule has 0 spiro atoms. The van der Waals surface area contributed by atoms with Crippen molar-refractivity contribution in [2.24, 2.45) is 0 Å². The van der Waals surface area contributed by atoms with E-state index in [-0.39, 0.29) is 30.0 Å². The Morgan fingerprint density at radius 2 is 2.23 bits per heavy atom. The zero-order valence-electron chi connectivity index (χ0n) is 13.6. The Bertz CT molecular complexity index is 924. The quantitative estimate of drug-likeness (QED) is 0.205. The largest absolute Gasteiger partial charge is 0.468 e. The van der Waals surface area contributed by atoms with Crippen molar-refractivity contribution in [3.8, 4) is 0 Å². The number of ether oxygens (including phenoxy) is 1. The van der Waals surface area contributed by atoms with E-state index in [0.717, 1.165) is 5.76 Å². The summed E-state index contributed by atoms with van der Waals surface area (Å²) in [6.07, 6.45) is 1.57. The molecule has 11 heteroatoms. The summed E-state index contributed by atoms with van der Waals surface area (Å²) in [5.74, 6) is 0.842. The molecule has 3 rings (SSSR count). The summed E-state index contributed by atoms with van der Waals surface area (Å²) >= 11 is 1.39. The fraction of sp³-hybridized carbons (Fsp3) is 0.267. The first-order valence-electron chi connectivity index (χ1n) is 7.52. The van der Waals surface area contributed by atoms with E-state index in [9.17, 15) is 14.9 Å². The number of benzene rings is 1. The molecule has 1 N–H and O–H groups in total. The number of anilines is 1. The molecule has 136 valence electrons. The first-order chi connectivity index (χ1) is 12.6. The number of carbonyl (C=O) groups is 1. The molecule has 2 heterocycles. The second-order valence-electron chi connectivity index (χ2n) is 5.12. The van der Waals surface area contributed by atoms with Gasteiger partial charge in [0, 0.05) is 18.4 Å². The second-order valence-corrected chi connectivity index (χ2v) is 6.14. The molecule has 10 nitrogen and oxygen atoms in total. The monoisotopic (exact) mass is 378 g/mol. The smallest absolute Gasteiger partial charge is 0.323 e. The summed E-state index contributed by atoms with van der Waals surface area (Å²) in [6, 6.07) is 5.21. The van der Waals surface area contributed by atoms with Crippen LogP contribution in [0.1, 0.15) is 12.7 Å². The molecule has 0 fully saturated rings. The zero-order chi connectivity index (χ0) is 18.5. The number of thioether (sulfide) groups is 1. The van der Waals surface area contributed by atoms with E-state index in [1.165, 1.54) is 18.7 Å². The SMILES string of the molecule is CC(=O)OCCNc1cc(SCc2ccco2)c2nonc2c1[N+](=O)[O-]. The predicted octanol–water partition coefficient (Wildman–Crippen LogP) is 2.99. The van der Waals surface area contributed by atoms with Gasteiger partial charge in [-0.3, -0.25) is 14.9 Å². The molecule has 0 aliphatic carbocycles. The number of nitro benzene ring substituents is 1. The van der Waals surface area contributed by atoms with Gasteiger partial charge in [-0.1, -0.05) is 0 Å². The number of rotatable bonds is 8. The summed E-state index contributed by atoms with van der Waals surface area (Å²) in [5.41, 5.74) is 0.354. The highest BCUT2D eigenvalue weighted by Crippen LogP contribution is 2.39. The first-order valence-corrected chi connectivity index (χ1v) is 8.51. The topological polar surface area (TPSA) is 134 Å². The van der Waals surface area contributed by atoms with Crippen molar-refractivity contribution in [2.75, 3.05) is 18.5 Å². The third kappa shape index (κ3) is 3.94. The third-order valence-electron chi connectivity index (χ3n) is 3.33. The van der Waals surface area contributed by atoms with E-state index < -0.39 is 10.9 Å². The van der Waals surface area contributed by atoms with Gasteiger partial charge >= 0.3 is 11.7 Å². The van der Waals surface area contributed by atoms with Crippen molar-refractivity contribution in [3.05, 3.63) is 40.3 Å². The number of nitrogens with one attached hydrogen (secondary N) is 1. The normalized spacial score (nSPS) is 10.8. The number of aromatic nitrogens is 2. The molecule has 0 amide bonds. The molecule has 2 aromatic heterocycles. The minimum absolute atomic E-state index is 0.0504. The molecule has 0 aliphatic heterocycles. The Hall–Kier alpha value is -3.08. The van der Waals surface area contributed by atoms with E-state index in [1.807, 2.05) is 6.07 Å². The van der Waals surface area contributed by atoms with Crippen LogP contribution in [-0.4, -0.2) is 34.4 Å². The molecular formula is C15H14N4O6S. The van der Waals surface area contributed by atoms with Gasteiger partial charge in [-0.05, 0) is 28.5 Å². The lowest BCUT2D eigenvalue weighted by atomic mass is 10.2. The van der Waals surface area contributed by atoms with E-state index in [0.29, 0.717) is 16.2 Å². The maximum absolute atomic E-state index is 11.5. The number of esters is 1. The molecular weight excluding hydrogens is 364 g/mol. The Labute approximate surface area is 151 Å². The highest BCUT2D eigenvalue weighted by atomic mass is 32.2. The fourth-order valence-electron chi connectivity index (χ4n) is 2.25. The summed E-state index contributed by atoms with van der Waals surface area (Å²) in [6.45, 7) is 1.58. The van der Waals surface area contributed by atoms with Crippen LogP contribution in [0.2, 0.25) is 0 Å². The Kier molecular flexibility index (Phi) is 5.37. The number of nitro groups is 1. The molecule has 0 saturated carbocycles. The number of fused-ring (bicyclic) bond motifs is 1. The summed E-state index contributed by atoms with van der Waals surface area (Å²) < 4.78 is 14.8. The van der Waals surface area contributed by atoms with Gasteiger partial charge in [-0.2, -0.15) is 0 Å². The third-order valence-corrected chi connectivity index (χ3v) is 4.38. The molecule has 0 aliphatic rings. The van der Waals surface area contributed by atoms with Gasteiger partial charge < -0.3 is 14.5 Å². The van der Waals surface area contributed by atoms with Crippen molar-refractivity contribution in [1.29, 1.82) is 0 Å². The van der Waals surface area contributed by atoms with Gasteiger partial charge in [0.15, 0.2) is 5.52 Å². The second kappa shape index (κ2) is 7.87. The standard InChI is InChI=1S/C15H14N4O6S/c1-9(20)23-6-4-16-11-7-12(26-8-10-3-2-5-24-10)13-14(18-25-17-13)15(11)19(21)22/h2-3,5,7,16H,4,6,8H2,1H3. The molecule has 26 heavy (non-hydrogen) atoms. The van der Waals surface area contributed by atoms with Gasteiger partial charge in [0.2, 0.25) is 5.52 Å². The van der Waals surface area contributed by atoms with Crippen LogP contribution in [0.15, 0.2) is 38.4 Å². The summed E-state index contributed by atoms with van der Waals surface area (Å²) in [7, 11) is 0. The van der Waals surface area contributed by atoms with Crippen LogP contribution in [0.4, 0.5) is 11.4 Å². The van der Waals surface area contributed by atoms with Crippen LogP contribution in [0, 0.1) is 10.1 Å². The van der Waals surface area contributed by atoms with Crippen LogP contribution >= 0.6 is 11.8 Å². The lowest BCUT2D eigenvalue weighted by Gasteiger charge is -2.09. The highest BCUT2D eigenvalue weighted by Gasteiger charge is 2.26. The zero-order valence-corrected chi connectivity index (χ0v) is 14.4. The van der Waals surface area contributed by atoms with Crippen LogP contribution < -0.4 is 5.32 Å². The van der Waals surface area contributed by atoms with E-state index >= 15 is 0 Å². The number of hydrogen-bond acceptors (Lipinski definition) is 10. The molecule has 0 radical (unpaired) electrons. The van der Waals surface area contributed by atoms with Crippen LogP contribution in [0.25, 0.3) is 11.0 Å². The first kappa shape index (κ1) is 17.7. The van der Waals surface area contributed by atoms with E-state index in [2.05, 4.69) is 15.6 Å². The van der Waals surface area contributed by atoms with Gasteiger partial charge in [-0.15, -0.1) is 11.8 Å². The Morgan fingerprint density at radius 3 is 2.92 bits per heavy atom. The fourth-order valence-corrected chi connectivity index (χ4v) is 3.19. The van der Waals surface area contributed by atoms with Crippen LogP contribution in [0.5, 0.6) is 0 Å². The highest BCUT2D eigenvalue weighted by molar-refractivity contribution is 7.98. The number of hydrogen-bond donors (Lipinski definition) is 1. The van der Waals surface area contributed by atoms with E-state index in [1.54, 1.807) is 18.4 Å². The Morgan fingerprint density at radius 1 is 1.42 bits per heavy atom. The lowest BCUT2D eigenvalue weighted by molar-refractivity contribution is -0.382. The lowest BCUT2D eigenvalue weighted by Crippen LogP contribution is -2.13. The average molecular weight is 378 g/mol. The predicted molar refractivity (Wildman–Crippen MR) is 91.9 cm³/mol.